The molecule has 21 heavy (non-hydrogen) atoms. The lowest BCUT2D eigenvalue weighted by atomic mass is 10.1. The molecule has 0 aliphatic rings. The van der Waals surface area contributed by atoms with Gasteiger partial charge in [0.05, 0.1) is 11.3 Å². The first-order chi connectivity index (χ1) is 10.2. The Labute approximate surface area is 121 Å². The van der Waals surface area contributed by atoms with Crippen molar-refractivity contribution in [2.24, 2.45) is 0 Å². The lowest BCUT2D eigenvalue weighted by Crippen LogP contribution is -2.15. The Bertz CT molecular complexity index is 652. The van der Waals surface area contributed by atoms with Crippen LogP contribution in [0.2, 0.25) is 0 Å². The number of hydrogen-bond donors (Lipinski definition) is 1. The van der Waals surface area contributed by atoms with Gasteiger partial charge in [0.1, 0.15) is 0 Å². The Hall–Kier alpha value is -2.95. The van der Waals surface area contributed by atoms with Crippen LogP contribution in [0.4, 0.5) is 5.69 Å². The third-order valence-corrected chi connectivity index (χ3v) is 2.79. The highest BCUT2D eigenvalue weighted by Gasteiger charge is 2.14. The SMILES string of the molecule is O=CNc1ccccc1C(=O)OCC(=O)c1ccccc1. The summed E-state index contributed by atoms with van der Waals surface area (Å²) in [5.41, 5.74) is 1.01. The molecule has 0 saturated carbocycles. The Morgan fingerprint density at radius 2 is 1.67 bits per heavy atom. The highest BCUT2D eigenvalue weighted by Crippen LogP contribution is 2.15. The molecule has 0 atom stereocenters. The molecule has 0 saturated heterocycles. The van der Waals surface area contributed by atoms with Crippen molar-refractivity contribution in [1.29, 1.82) is 0 Å². The van der Waals surface area contributed by atoms with E-state index in [0.29, 0.717) is 17.7 Å². The van der Waals surface area contributed by atoms with Crippen molar-refractivity contribution in [2.75, 3.05) is 11.9 Å². The number of amides is 1. The standard InChI is InChI=1S/C16H13NO4/c18-11-17-14-9-5-4-8-13(14)16(20)21-10-15(19)12-6-2-1-3-7-12/h1-9,11H,10H2,(H,17,18). The van der Waals surface area contributed by atoms with Crippen molar-refractivity contribution in [3.05, 3.63) is 65.7 Å². The smallest absolute Gasteiger partial charge is 0.340 e. The zero-order valence-electron chi connectivity index (χ0n) is 11.1. The lowest BCUT2D eigenvalue weighted by molar-refractivity contribution is -0.105. The quantitative estimate of drug-likeness (QED) is 0.501. The summed E-state index contributed by atoms with van der Waals surface area (Å²) >= 11 is 0. The van der Waals surface area contributed by atoms with Crippen LogP contribution in [0.15, 0.2) is 54.6 Å². The zero-order chi connectivity index (χ0) is 15.1. The molecule has 0 spiro atoms. The number of esters is 1. The monoisotopic (exact) mass is 283 g/mol. The number of anilines is 1. The van der Waals surface area contributed by atoms with Gasteiger partial charge >= 0.3 is 5.97 Å². The summed E-state index contributed by atoms with van der Waals surface area (Å²) in [6.07, 6.45) is 0.473. The first-order valence-corrected chi connectivity index (χ1v) is 6.27. The zero-order valence-corrected chi connectivity index (χ0v) is 11.1. The van der Waals surface area contributed by atoms with E-state index in [1.54, 1.807) is 48.5 Å². The number of para-hydroxylation sites is 1. The largest absolute Gasteiger partial charge is 0.454 e. The highest BCUT2D eigenvalue weighted by atomic mass is 16.5. The van der Waals surface area contributed by atoms with Crippen molar-refractivity contribution in [2.45, 2.75) is 0 Å². The summed E-state index contributed by atoms with van der Waals surface area (Å²) in [7, 11) is 0. The number of Topliss-reactive ketones (excluding diaryl/α,β-unsaturated/α-hetero) is 1. The molecule has 0 heterocycles. The molecule has 0 bridgehead atoms. The number of benzene rings is 2. The van der Waals surface area contributed by atoms with Crippen LogP contribution in [-0.4, -0.2) is 24.8 Å². The van der Waals surface area contributed by atoms with Gasteiger partial charge in [-0.3, -0.25) is 9.59 Å². The predicted octanol–water partition coefficient (Wildman–Crippen LogP) is 2.29. The van der Waals surface area contributed by atoms with Crippen molar-refractivity contribution in [3.8, 4) is 0 Å². The molecule has 1 N–H and O–H groups in total. The van der Waals surface area contributed by atoms with Gasteiger partial charge in [-0.25, -0.2) is 4.79 Å². The maximum absolute atomic E-state index is 11.9. The number of nitrogens with one attached hydrogen (secondary N) is 1. The van der Waals surface area contributed by atoms with Crippen molar-refractivity contribution in [1.82, 2.24) is 0 Å². The molecule has 1 amide bonds. The van der Waals surface area contributed by atoms with Crippen LogP contribution >= 0.6 is 0 Å². The van der Waals surface area contributed by atoms with E-state index < -0.39 is 5.97 Å². The number of hydrogen-bond acceptors (Lipinski definition) is 4. The third kappa shape index (κ3) is 3.76. The first-order valence-electron chi connectivity index (χ1n) is 6.27. The van der Waals surface area contributed by atoms with Gasteiger partial charge in [0.2, 0.25) is 6.41 Å². The molecule has 2 aromatic carbocycles. The van der Waals surface area contributed by atoms with E-state index >= 15 is 0 Å². The van der Waals surface area contributed by atoms with E-state index in [0.717, 1.165) is 0 Å². The molecule has 106 valence electrons. The van der Waals surface area contributed by atoms with E-state index in [9.17, 15) is 14.4 Å². The fourth-order valence-corrected chi connectivity index (χ4v) is 1.77. The van der Waals surface area contributed by atoms with Gasteiger partial charge < -0.3 is 10.1 Å². The van der Waals surface area contributed by atoms with Gasteiger partial charge in [0, 0.05) is 5.56 Å². The van der Waals surface area contributed by atoms with Crippen LogP contribution in [0, 0.1) is 0 Å². The van der Waals surface area contributed by atoms with Crippen molar-refractivity contribution < 1.29 is 19.1 Å². The number of ether oxygens (including phenoxy) is 1. The average Bonchev–Trinajstić information content (AvgIpc) is 2.54. The molecular weight excluding hydrogens is 270 g/mol. The summed E-state index contributed by atoms with van der Waals surface area (Å²) < 4.78 is 4.99. The number of carbonyl (C=O) groups is 3. The Kier molecular flexibility index (Phi) is 4.82. The molecule has 5 heteroatoms. The Morgan fingerprint density at radius 1 is 1.00 bits per heavy atom. The second-order valence-corrected chi connectivity index (χ2v) is 4.17. The Morgan fingerprint density at radius 3 is 2.38 bits per heavy atom. The molecule has 2 rings (SSSR count). The predicted molar refractivity (Wildman–Crippen MR) is 77.2 cm³/mol. The van der Waals surface area contributed by atoms with Gasteiger partial charge in [0.15, 0.2) is 12.4 Å². The summed E-state index contributed by atoms with van der Waals surface area (Å²) in [4.78, 5) is 34.3. The molecule has 0 unspecified atom stereocenters. The van der Waals surface area contributed by atoms with E-state index in [4.69, 9.17) is 4.74 Å². The molecule has 2 aromatic rings. The van der Waals surface area contributed by atoms with E-state index in [1.165, 1.54) is 6.07 Å². The lowest BCUT2D eigenvalue weighted by Gasteiger charge is -2.08. The van der Waals surface area contributed by atoms with Gasteiger partial charge in [0.25, 0.3) is 0 Å². The fraction of sp³-hybridized carbons (Fsp3) is 0.0625. The van der Waals surface area contributed by atoms with Crippen LogP contribution in [0.3, 0.4) is 0 Å². The minimum Gasteiger partial charge on any atom is -0.454 e. The molecule has 0 aliphatic heterocycles. The van der Waals surface area contributed by atoms with Crippen LogP contribution in [0.5, 0.6) is 0 Å². The van der Waals surface area contributed by atoms with E-state index in [1.807, 2.05) is 0 Å². The van der Waals surface area contributed by atoms with Gasteiger partial charge in [-0.2, -0.15) is 0 Å². The van der Waals surface area contributed by atoms with Crippen molar-refractivity contribution in [3.63, 3.8) is 0 Å². The topological polar surface area (TPSA) is 72.5 Å². The molecule has 0 aromatic heterocycles. The van der Waals surface area contributed by atoms with E-state index in [2.05, 4.69) is 5.32 Å². The molecule has 5 nitrogen and oxygen atoms in total. The van der Waals surface area contributed by atoms with Gasteiger partial charge in [-0.1, -0.05) is 42.5 Å². The average molecular weight is 283 g/mol. The van der Waals surface area contributed by atoms with Gasteiger partial charge in [-0.15, -0.1) is 0 Å². The maximum Gasteiger partial charge on any atom is 0.340 e. The Balaban J connectivity index is 2.02. The van der Waals surface area contributed by atoms with Gasteiger partial charge in [-0.05, 0) is 12.1 Å². The van der Waals surface area contributed by atoms with Crippen molar-refractivity contribution >= 4 is 23.9 Å². The summed E-state index contributed by atoms with van der Waals surface area (Å²) in [6.45, 7) is -0.349. The maximum atomic E-state index is 11.9. The second-order valence-electron chi connectivity index (χ2n) is 4.17. The first kappa shape index (κ1) is 14.5. The number of ketones is 1. The second kappa shape index (κ2) is 7.00. The number of rotatable bonds is 6. The third-order valence-electron chi connectivity index (χ3n) is 2.79. The minimum atomic E-state index is -0.663. The summed E-state index contributed by atoms with van der Waals surface area (Å²) in [5, 5.41) is 2.41. The fourth-order valence-electron chi connectivity index (χ4n) is 1.77. The molecule has 0 fully saturated rings. The highest BCUT2D eigenvalue weighted by molar-refractivity contribution is 6.01. The van der Waals surface area contributed by atoms with Crippen LogP contribution < -0.4 is 5.32 Å². The van der Waals surface area contributed by atoms with Crippen LogP contribution in [0.25, 0.3) is 0 Å². The molecular formula is C16H13NO4. The van der Waals surface area contributed by atoms with Crippen LogP contribution in [0.1, 0.15) is 20.7 Å². The molecule has 0 aliphatic carbocycles. The minimum absolute atomic E-state index is 0.200. The number of carbonyl (C=O) groups excluding carboxylic acids is 3. The summed E-state index contributed by atoms with van der Waals surface area (Å²) in [6, 6.07) is 15.0. The molecule has 0 radical (unpaired) electrons. The summed E-state index contributed by atoms with van der Waals surface area (Å²) in [5.74, 6) is -0.950. The van der Waals surface area contributed by atoms with E-state index in [-0.39, 0.29) is 18.0 Å². The van der Waals surface area contributed by atoms with Crippen LogP contribution in [-0.2, 0) is 9.53 Å². The normalized spacial score (nSPS) is 9.71.